The highest BCUT2D eigenvalue weighted by atomic mass is 16.5. The lowest BCUT2D eigenvalue weighted by atomic mass is 10.1. The molecule has 0 aromatic rings. The van der Waals surface area contributed by atoms with E-state index < -0.39 is 5.97 Å². The van der Waals surface area contributed by atoms with Crippen molar-refractivity contribution in [3.63, 3.8) is 0 Å². The standard InChI is InChI=1S/C39H61NO5/c1-3-5-7-9-11-12-13-14-15-16-17-18-19-20-22-24-30-34-39(44)45-36(31-27-23-21-10-8-6-4-2)32-28-25-26-29-33-37(41)40-35-38(42)43/h5,7,10-12,14-15,17-18,20-22,27,31,36H,3-4,6,8-9,13,16,19,23-26,28-30,32-35H2,1-2H3,(H,40,41)(H,42,43)/b7-5-,12-11-,15-14-,18-17-,21-10-,22-20-,31-27-. The number of hydrogen-bond donors (Lipinski definition) is 2. The van der Waals surface area contributed by atoms with E-state index in [0.717, 1.165) is 83.5 Å². The van der Waals surface area contributed by atoms with E-state index in [1.807, 2.05) is 6.08 Å². The SMILES string of the molecule is CC/C=C\C/C=C\C/C=C\C/C=C\C/C=C\CCCC(=O)OC(/C=C\C/C=C\CCCC)CCCCCCC(=O)NCC(=O)O. The number of hydrogen-bond acceptors (Lipinski definition) is 4. The van der Waals surface area contributed by atoms with E-state index in [1.165, 1.54) is 12.8 Å². The largest absolute Gasteiger partial charge is 0.480 e. The Morgan fingerprint density at radius 2 is 1.16 bits per heavy atom. The van der Waals surface area contributed by atoms with Crippen LogP contribution in [0.3, 0.4) is 0 Å². The Labute approximate surface area is 274 Å². The summed E-state index contributed by atoms with van der Waals surface area (Å²) in [7, 11) is 0. The van der Waals surface area contributed by atoms with Gasteiger partial charge in [-0.05, 0) is 83.1 Å². The Hall–Kier alpha value is -3.41. The van der Waals surface area contributed by atoms with Crippen molar-refractivity contribution in [2.45, 2.75) is 136 Å². The summed E-state index contributed by atoms with van der Waals surface area (Å²) in [5.41, 5.74) is 0. The highest BCUT2D eigenvalue weighted by molar-refractivity contribution is 5.80. The van der Waals surface area contributed by atoms with Crippen molar-refractivity contribution in [1.29, 1.82) is 0 Å². The maximum Gasteiger partial charge on any atom is 0.322 e. The van der Waals surface area contributed by atoms with E-state index >= 15 is 0 Å². The van der Waals surface area contributed by atoms with Gasteiger partial charge in [-0.25, -0.2) is 0 Å². The molecule has 0 aromatic heterocycles. The minimum absolute atomic E-state index is 0.161. The summed E-state index contributed by atoms with van der Waals surface area (Å²) in [5.74, 6) is -1.43. The van der Waals surface area contributed by atoms with E-state index in [1.54, 1.807) is 0 Å². The first-order chi connectivity index (χ1) is 22.0. The Balaban J connectivity index is 4.30. The lowest BCUT2D eigenvalue weighted by Gasteiger charge is -2.14. The Morgan fingerprint density at radius 1 is 0.622 bits per heavy atom. The van der Waals surface area contributed by atoms with Crippen LogP contribution in [0.1, 0.15) is 129 Å². The van der Waals surface area contributed by atoms with Crippen LogP contribution in [0, 0.1) is 0 Å². The third kappa shape index (κ3) is 33.3. The Morgan fingerprint density at radius 3 is 1.73 bits per heavy atom. The molecule has 0 aliphatic rings. The molecule has 0 rings (SSSR count). The molecule has 1 atom stereocenters. The van der Waals surface area contributed by atoms with Gasteiger partial charge in [-0.15, -0.1) is 0 Å². The van der Waals surface area contributed by atoms with E-state index in [9.17, 15) is 14.4 Å². The average molecular weight is 624 g/mol. The summed E-state index contributed by atoms with van der Waals surface area (Å²) >= 11 is 0. The molecule has 0 fully saturated rings. The van der Waals surface area contributed by atoms with Gasteiger partial charge in [0, 0.05) is 12.8 Å². The van der Waals surface area contributed by atoms with Crippen LogP contribution in [0.5, 0.6) is 0 Å². The summed E-state index contributed by atoms with van der Waals surface area (Å²) in [5, 5.41) is 11.0. The number of carboxylic acid groups (broad SMARTS) is 1. The van der Waals surface area contributed by atoms with Gasteiger partial charge in [0.1, 0.15) is 12.6 Å². The molecule has 0 aliphatic carbocycles. The lowest BCUT2D eigenvalue weighted by Crippen LogP contribution is -2.28. The van der Waals surface area contributed by atoms with Crippen molar-refractivity contribution in [2.75, 3.05) is 6.54 Å². The van der Waals surface area contributed by atoms with Gasteiger partial charge in [0.05, 0.1) is 0 Å². The van der Waals surface area contributed by atoms with Gasteiger partial charge >= 0.3 is 11.9 Å². The molecule has 0 bridgehead atoms. The number of carbonyl (C=O) groups is 3. The second-order valence-electron chi connectivity index (χ2n) is 11.0. The van der Waals surface area contributed by atoms with Crippen molar-refractivity contribution in [2.24, 2.45) is 0 Å². The van der Waals surface area contributed by atoms with Crippen molar-refractivity contribution in [3.8, 4) is 0 Å². The van der Waals surface area contributed by atoms with Crippen LogP contribution in [0.25, 0.3) is 0 Å². The van der Waals surface area contributed by atoms with Crippen LogP contribution in [-0.2, 0) is 19.1 Å². The first-order valence-corrected chi connectivity index (χ1v) is 17.2. The van der Waals surface area contributed by atoms with Crippen LogP contribution < -0.4 is 5.32 Å². The predicted octanol–water partition coefficient (Wildman–Crippen LogP) is 10.1. The predicted molar refractivity (Wildman–Crippen MR) is 189 cm³/mol. The minimum atomic E-state index is -1.04. The van der Waals surface area contributed by atoms with E-state index in [-0.39, 0.29) is 24.5 Å². The summed E-state index contributed by atoms with van der Waals surface area (Å²) in [6.45, 7) is 3.99. The third-order valence-electron chi connectivity index (χ3n) is 6.79. The highest BCUT2D eigenvalue weighted by Gasteiger charge is 2.11. The van der Waals surface area contributed by atoms with E-state index in [2.05, 4.69) is 98.2 Å². The van der Waals surface area contributed by atoms with E-state index in [4.69, 9.17) is 9.84 Å². The van der Waals surface area contributed by atoms with Crippen LogP contribution in [-0.4, -0.2) is 35.6 Å². The first kappa shape index (κ1) is 41.6. The molecule has 2 N–H and O–H groups in total. The zero-order chi connectivity index (χ0) is 33.1. The normalized spacial score (nSPS) is 13.1. The van der Waals surface area contributed by atoms with Gasteiger partial charge in [-0.2, -0.15) is 0 Å². The minimum Gasteiger partial charge on any atom is -0.480 e. The summed E-state index contributed by atoms with van der Waals surface area (Å²) in [6.07, 6.45) is 45.7. The molecule has 0 heterocycles. The van der Waals surface area contributed by atoms with Gasteiger partial charge in [0.15, 0.2) is 0 Å². The van der Waals surface area contributed by atoms with Gasteiger partial charge in [-0.1, -0.05) is 119 Å². The number of aliphatic carboxylic acids is 1. The monoisotopic (exact) mass is 623 g/mol. The smallest absolute Gasteiger partial charge is 0.322 e. The molecule has 0 saturated heterocycles. The van der Waals surface area contributed by atoms with Crippen molar-refractivity contribution >= 4 is 17.8 Å². The number of unbranched alkanes of at least 4 members (excludes halogenated alkanes) is 6. The maximum absolute atomic E-state index is 12.5. The zero-order valence-electron chi connectivity index (χ0n) is 28.2. The molecule has 6 nitrogen and oxygen atoms in total. The number of allylic oxidation sites excluding steroid dienone is 13. The summed E-state index contributed by atoms with van der Waals surface area (Å²) in [6, 6.07) is 0. The number of carboxylic acids is 1. The van der Waals surface area contributed by atoms with Gasteiger partial charge in [0.2, 0.25) is 5.91 Å². The number of amides is 1. The molecule has 1 amide bonds. The molecular formula is C39H61NO5. The van der Waals surface area contributed by atoms with Crippen LogP contribution in [0.15, 0.2) is 85.1 Å². The molecule has 0 aliphatic heterocycles. The van der Waals surface area contributed by atoms with Gasteiger partial charge in [0.25, 0.3) is 0 Å². The zero-order valence-corrected chi connectivity index (χ0v) is 28.2. The first-order valence-electron chi connectivity index (χ1n) is 17.2. The fraction of sp³-hybridized carbons (Fsp3) is 0.564. The van der Waals surface area contributed by atoms with Crippen molar-refractivity contribution in [3.05, 3.63) is 85.1 Å². The fourth-order valence-corrected chi connectivity index (χ4v) is 4.25. The second kappa shape index (κ2) is 33.5. The Kier molecular flexibility index (Phi) is 30.9. The molecule has 0 saturated carbocycles. The fourth-order valence-electron chi connectivity index (χ4n) is 4.25. The number of ether oxygens (including phenoxy) is 1. The molecule has 0 spiro atoms. The van der Waals surface area contributed by atoms with Gasteiger partial charge < -0.3 is 15.2 Å². The van der Waals surface area contributed by atoms with Crippen molar-refractivity contribution in [1.82, 2.24) is 5.32 Å². The van der Waals surface area contributed by atoms with Crippen LogP contribution >= 0.6 is 0 Å². The quantitative estimate of drug-likeness (QED) is 0.0491. The average Bonchev–Trinajstić information content (AvgIpc) is 3.02. The third-order valence-corrected chi connectivity index (χ3v) is 6.79. The lowest BCUT2D eigenvalue weighted by molar-refractivity contribution is -0.147. The number of carbonyl (C=O) groups excluding carboxylic acids is 2. The molecule has 6 heteroatoms. The Bertz CT molecular complexity index is 954. The topological polar surface area (TPSA) is 92.7 Å². The number of esters is 1. The number of rotatable bonds is 29. The highest BCUT2D eigenvalue weighted by Crippen LogP contribution is 2.13. The van der Waals surface area contributed by atoms with Crippen molar-refractivity contribution < 1.29 is 24.2 Å². The molecule has 252 valence electrons. The summed E-state index contributed by atoms with van der Waals surface area (Å²) < 4.78 is 5.81. The molecule has 0 radical (unpaired) electrons. The van der Waals surface area contributed by atoms with Crippen LogP contribution in [0.2, 0.25) is 0 Å². The molecular weight excluding hydrogens is 562 g/mol. The van der Waals surface area contributed by atoms with Gasteiger partial charge in [-0.3, -0.25) is 14.4 Å². The summed E-state index contributed by atoms with van der Waals surface area (Å²) in [4.78, 5) is 34.7. The molecule has 45 heavy (non-hydrogen) atoms. The second-order valence-corrected chi connectivity index (χ2v) is 11.0. The molecule has 0 aromatic carbocycles. The maximum atomic E-state index is 12.5. The van der Waals surface area contributed by atoms with E-state index in [0.29, 0.717) is 19.3 Å². The number of nitrogens with one attached hydrogen (secondary N) is 1. The van der Waals surface area contributed by atoms with Crippen LogP contribution in [0.4, 0.5) is 0 Å². The molecule has 1 unspecified atom stereocenters.